The number of hydrogen-bond donors (Lipinski definition) is 1. The molecule has 0 aromatic carbocycles. The molecule has 0 aliphatic heterocycles. The first-order valence-corrected chi connectivity index (χ1v) is 5.98. The van der Waals surface area contributed by atoms with E-state index in [0.29, 0.717) is 0 Å². The summed E-state index contributed by atoms with van der Waals surface area (Å²) >= 11 is 0. The smallest absolute Gasteiger partial charge is 0.225 e. The van der Waals surface area contributed by atoms with Crippen LogP contribution in [-0.2, 0) is 4.79 Å². The van der Waals surface area contributed by atoms with Gasteiger partial charge in [-0.1, -0.05) is 26.2 Å². The first-order chi connectivity index (χ1) is 7.04. The van der Waals surface area contributed by atoms with Crippen LogP contribution in [0.4, 0.5) is 0 Å². The van der Waals surface area contributed by atoms with E-state index in [0.717, 1.165) is 25.9 Å². The molecule has 0 spiro atoms. The molecule has 3 heteroatoms. The molecule has 0 aromatic rings. The van der Waals surface area contributed by atoms with Gasteiger partial charge in [0.05, 0.1) is 0 Å². The summed E-state index contributed by atoms with van der Waals surface area (Å²) < 4.78 is 0. The second kappa shape index (κ2) is 5.50. The number of rotatable bonds is 4. The van der Waals surface area contributed by atoms with Crippen LogP contribution in [0.1, 0.15) is 39.0 Å². The molecule has 1 N–H and O–H groups in total. The highest BCUT2D eigenvalue weighted by Crippen LogP contribution is 2.35. The van der Waals surface area contributed by atoms with Crippen molar-refractivity contribution in [2.45, 2.75) is 39.0 Å². The Bertz CT molecular complexity index is 208. The summed E-state index contributed by atoms with van der Waals surface area (Å²) in [7, 11) is 4.04. The number of hydrogen-bond acceptors (Lipinski definition) is 2. The van der Waals surface area contributed by atoms with E-state index in [4.69, 9.17) is 0 Å². The van der Waals surface area contributed by atoms with Crippen LogP contribution in [-0.4, -0.2) is 38.0 Å². The van der Waals surface area contributed by atoms with Crippen LogP contribution in [0.3, 0.4) is 0 Å². The zero-order valence-electron chi connectivity index (χ0n) is 10.3. The Morgan fingerprint density at radius 2 is 1.87 bits per heavy atom. The van der Waals surface area contributed by atoms with E-state index in [1.165, 1.54) is 19.3 Å². The van der Waals surface area contributed by atoms with Gasteiger partial charge in [-0.25, -0.2) is 0 Å². The van der Waals surface area contributed by atoms with Crippen molar-refractivity contribution in [3.8, 4) is 0 Å². The van der Waals surface area contributed by atoms with Crippen LogP contribution in [0.5, 0.6) is 0 Å². The summed E-state index contributed by atoms with van der Waals surface area (Å²) in [4.78, 5) is 14.1. The monoisotopic (exact) mass is 212 g/mol. The Kier molecular flexibility index (Phi) is 4.58. The minimum Gasteiger partial charge on any atom is -0.354 e. The molecular formula is C12H24N2O. The number of nitrogens with one attached hydrogen (secondary N) is 1. The van der Waals surface area contributed by atoms with E-state index in [1.54, 1.807) is 0 Å². The van der Waals surface area contributed by atoms with Crippen LogP contribution >= 0.6 is 0 Å². The molecular weight excluding hydrogens is 188 g/mol. The van der Waals surface area contributed by atoms with Crippen molar-refractivity contribution in [2.24, 2.45) is 5.41 Å². The Labute approximate surface area is 93.2 Å². The molecule has 0 bridgehead atoms. The molecule has 0 radical (unpaired) electrons. The van der Waals surface area contributed by atoms with E-state index in [2.05, 4.69) is 17.1 Å². The Morgan fingerprint density at radius 3 is 2.40 bits per heavy atom. The van der Waals surface area contributed by atoms with Gasteiger partial charge in [-0.05, 0) is 26.9 Å². The van der Waals surface area contributed by atoms with Crippen molar-refractivity contribution in [1.82, 2.24) is 10.2 Å². The summed E-state index contributed by atoms with van der Waals surface area (Å²) in [6.07, 6.45) is 5.82. The van der Waals surface area contributed by atoms with Gasteiger partial charge in [0, 0.05) is 18.5 Å². The maximum atomic E-state index is 12.0. The van der Waals surface area contributed by atoms with Gasteiger partial charge in [-0.3, -0.25) is 4.79 Å². The quantitative estimate of drug-likeness (QED) is 0.768. The average molecular weight is 212 g/mol. The average Bonchev–Trinajstić information content (AvgIpc) is 2.18. The van der Waals surface area contributed by atoms with Crippen LogP contribution < -0.4 is 5.32 Å². The van der Waals surface area contributed by atoms with Gasteiger partial charge in [0.15, 0.2) is 0 Å². The predicted octanol–water partition coefficient (Wildman–Crippen LogP) is 1.63. The van der Waals surface area contributed by atoms with Gasteiger partial charge in [0.25, 0.3) is 0 Å². The molecule has 1 amide bonds. The normalized spacial score (nSPS) is 20.3. The molecule has 1 fully saturated rings. The molecule has 0 heterocycles. The summed E-state index contributed by atoms with van der Waals surface area (Å²) in [5.41, 5.74) is -0.0927. The van der Waals surface area contributed by atoms with E-state index in [9.17, 15) is 4.79 Å². The molecule has 1 aliphatic carbocycles. The van der Waals surface area contributed by atoms with E-state index in [1.807, 2.05) is 14.1 Å². The van der Waals surface area contributed by atoms with Gasteiger partial charge in [-0.15, -0.1) is 0 Å². The Morgan fingerprint density at radius 1 is 1.27 bits per heavy atom. The van der Waals surface area contributed by atoms with Crippen LogP contribution in [0.2, 0.25) is 0 Å². The third-order valence-corrected chi connectivity index (χ3v) is 3.35. The van der Waals surface area contributed by atoms with Gasteiger partial charge in [0.2, 0.25) is 5.91 Å². The summed E-state index contributed by atoms with van der Waals surface area (Å²) in [5, 5.41) is 3.04. The Hall–Kier alpha value is -0.570. The lowest BCUT2D eigenvalue weighted by atomic mass is 9.75. The number of carbonyl (C=O) groups excluding carboxylic acids is 1. The fourth-order valence-corrected chi connectivity index (χ4v) is 2.17. The van der Waals surface area contributed by atoms with Gasteiger partial charge < -0.3 is 10.2 Å². The topological polar surface area (TPSA) is 32.3 Å². The van der Waals surface area contributed by atoms with Crippen LogP contribution in [0.25, 0.3) is 0 Å². The van der Waals surface area contributed by atoms with Crippen molar-refractivity contribution in [3.05, 3.63) is 0 Å². The highest BCUT2D eigenvalue weighted by Gasteiger charge is 2.33. The van der Waals surface area contributed by atoms with E-state index >= 15 is 0 Å². The minimum atomic E-state index is -0.0927. The summed E-state index contributed by atoms with van der Waals surface area (Å²) in [6.45, 7) is 3.79. The predicted molar refractivity (Wildman–Crippen MR) is 62.8 cm³/mol. The standard InChI is InChI=1S/C12H24N2O/c1-12(7-5-4-6-8-12)11(15)13-9-10-14(2)3/h4-10H2,1-3H3,(H,13,15). The molecule has 3 nitrogen and oxygen atoms in total. The zero-order chi connectivity index (χ0) is 11.3. The SMILES string of the molecule is CN(C)CCNC(=O)C1(C)CCCCC1. The summed E-state index contributed by atoms with van der Waals surface area (Å²) in [5.74, 6) is 0.254. The van der Waals surface area contributed by atoms with E-state index in [-0.39, 0.29) is 11.3 Å². The van der Waals surface area contributed by atoms with Crippen molar-refractivity contribution in [3.63, 3.8) is 0 Å². The third kappa shape index (κ3) is 3.82. The lowest BCUT2D eigenvalue weighted by Gasteiger charge is -2.32. The molecule has 1 rings (SSSR count). The van der Waals surface area contributed by atoms with Crippen molar-refractivity contribution in [2.75, 3.05) is 27.2 Å². The molecule has 0 saturated heterocycles. The molecule has 0 aromatic heterocycles. The lowest BCUT2D eigenvalue weighted by molar-refractivity contribution is -0.131. The minimum absolute atomic E-state index is 0.0927. The van der Waals surface area contributed by atoms with Crippen molar-refractivity contribution < 1.29 is 4.79 Å². The maximum Gasteiger partial charge on any atom is 0.225 e. The molecule has 1 aliphatic rings. The fourth-order valence-electron chi connectivity index (χ4n) is 2.17. The number of carbonyl (C=O) groups is 1. The zero-order valence-corrected chi connectivity index (χ0v) is 10.3. The van der Waals surface area contributed by atoms with Gasteiger partial charge >= 0.3 is 0 Å². The molecule has 88 valence electrons. The van der Waals surface area contributed by atoms with E-state index < -0.39 is 0 Å². The van der Waals surface area contributed by atoms with Crippen molar-refractivity contribution >= 4 is 5.91 Å². The molecule has 0 atom stereocenters. The number of amides is 1. The first-order valence-electron chi connectivity index (χ1n) is 5.98. The highest BCUT2D eigenvalue weighted by molar-refractivity contribution is 5.82. The number of likely N-dealkylation sites (N-methyl/N-ethyl adjacent to an activating group) is 1. The first kappa shape index (κ1) is 12.5. The van der Waals surface area contributed by atoms with Gasteiger partial charge in [0.1, 0.15) is 0 Å². The van der Waals surface area contributed by atoms with Crippen molar-refractivity contribution in [1.29, 1.82) is 0 Å². The molecule has 15 heavy (non-hydrogen) atoms. The fraction of sp³-hybridized carbons (Fsp3) is 0.917. The molecule has 0 unspecified atom stereocenters. The lowest BCUT2D eigenvalue weighted by Crippen LogP contribution is -2.42. The van der Waals surface area contributed by atoms with Crippen LogP contribution in [0, 0.1) is 5.41 Å². The van der Waals surface area contributed by atoms with Crippen LogP contribution in [0.15, 0.2) is 0 Å². The molecule has 1 saturated carbocycles. The summed E-state index contributed by atoms with van der Waals surface area (Å²) in [6, 6.07) is 0. The highest BCUT2D eigenvalue weighted by atomic mass is 16.2. The number of nitrogens with zero attached hydrogens (tertiary/aromatic N) is 1. The Balaban J connectivity index is 2.31. The second-order valence-corrected chi connectivity index (χ2v) is 5.18. The second-order valence-electron chi connectivity index (χ2n) is 5.18. The maximum absolute atomic E-state index is 12.0. The third-order valence-electron chi connectivity index (χ3n) is 3.35. The van der Waals surface area contributed by atoms with Gasteiger partial charge in [-0.2, -0.15) is 0 Å². The largest absolute Gasteiger partial charge is 0.354 e.